The highest BCUT2D eigenvalue weighted by atomic mass is 35.5. The summed E-state index contributed by atoms with van der Waals surface area (Å²) in [4.78, 5) is 8.35. The van der Waals surface area contributed by atoms with E-state index < -0.39 is 0 Å². The summed E-state index contributed by atoms with van der Waals surface area (Å²) in [5, 5.41) is 14.1. The number of aromatic nitrogens is 2. The van der Waals surface area contributed by atoms with Gasteiger partial charge in [0.1, 0.15) is 17.9 Å². The first-order valence-electron chi connectivity index (χ1n) is 5.69. The fraction of sp³-hybridized carbons (Fsp3) is 0. The zero-order chi connectivity index (χ0) is 13.2. The fourth-order valence-electron chi connectivity index (χ4n) is 1.85. The van der Waals surface area contributed by atoms with E-state index in [1.54, 1.807) is 30.3 Å². The molecule has 0 saturated carbocycles. The van der Waals surface area contributed by atoms with Gasteiger partial charge in [-0.25, -0.2) is 9.97 Å². The summed E-state index contributed by atoms with van der Waals surface area (Å²) in [6, 6.07) is 12.3. The Kier molecular flexibility index (Phi) is 2.93. The Hall–Kier alpha value is -2.33. The van der Waals surface area contributed by atoms with Gasteiger partial charge in [-0.15, -0.1) is 0 Å². The molecule has 0 aliphatic carbocycles. The first-order valence-corrected chi connectivity index (χ1v) is 6.06. The smallest absolute Gasteiger partial charge is 0.141 e. The van der Waals surface area contributed by atoms with Crippen molar-refractivity contribution >= 4 is 34.0 Å². The molecule has 2 N–H and O–H groups in total. The molecule has 0 aliphatic heterocycles. The van der Waals surface area contributed by atoms with Gasteiger partial charge in [-0.05, 0) is 36.4 Å². The number of hydrogen-bond donors (Lipinski definition) is 2. The van der Waals surface area contributed by atoms with Gasteiger partial charge >= 0.3 is 0 Å². The highest BCUT2D eigenvalue weighted by molar-refractivity contribution is 6.30. The van der Waals surface area contributed by atoms with Gasteiger partial charge in [0.2, 0.25) is 0 Å². The van der Waals surface area contributed by atoms with Crippen LogP contribution in [-0.2, 0) is 0 Å². The molecule has 0 unspecified atom stereocenters. The molecule has 1 aromatic heterocycles. The predicted molar refractivity (Wildman–Crippen MR) is 75.9 cm³/mol. The predicted octanol–water partition coefficient (Wildman–Crippen LogP) is 3.73. The van der Waals surface area contributed by atoms with Gasteiger partial charge in [-0.2, -0.15) is 0 Å². The summed E-state index contributed by atoms with van der Waals surface area (Å²) in [7, 11) is 0. The van der Waals surface area contributed by atoms with Crippen molar-refractivity contribution < 1.29 is 5.11 Å². The van der Waals surface area contributed by atoms with Gasteiger partial charge in [0.15, 0.2) is 0 Å². The topological polar surface area (TPSA) is 58.0 Å². The van der Waals surface area contributed by atoms with E-state index in [2.05, 4.69) is 15.3 Å². The summed E-state index contributed by atoms with van der Waals surface area (Å²) >= 11 is 5.94. The van der Waals surface area contributed by atoms with Crippen molar-refractivity contribution in [1.82, 2.24) is 9.97 Å². The van der Waals surface area contributed by atoms with Crippen molar-refractivity contribution in [2.45, 2.75) is 0 Å². The molecular weight excluding hydrogens is 262 g/mol. The molecule has 0 saturated heterocycles. The quantitative estimate of drug-likeness (QED) is 0.746. The molecule has 0 radical (unpaired) electrons. The molecule has 0 atom stereocenters. The van der Waals surface area contributed by atoms with E-state index in [1.165, 1.54) is 6.33 Å². The monoisotopic (exact) mass is 271 g/mol. The fourth-order valence-corrected chi connectivity index (χ4v) is 2.04. The molecule has 2 aromatic carbocycles. The second-order valence-corrected chi connectivity index (χ2v) is 4.50. The number of nitrogens with one attached hydrogen (secondary N) is 1. The van der Waals surface area contributed by atoms with Crippen LogP contribution in [0, 0.1) is 0 Å². The molecule has 0 aliphatic rings. The van der Waals surface area contributed by atoms with E-state index in [4.69, 9.17) is 11.6 Å². The van der Waals surface area contributed by atoms with Crippen molar-refractivity contribution in [1.29, 1.82) is 0 Å². The summed E-state index contributed by atoms with van der Waals surface area (Å²) in [6.45, 7) is 0. The van der Waals surface area contributed by atoms with Crippen LogP contribution < -0.4 is 5.32 Å². The number of benzene rings is 2. The number of nitrogens with zero attached hydrogens (tertiary/aromatic N) is 2. The summed E-state index contributed by atoms with van der Waals surface area (Å²) in [5.41, 5.74) is 1.59. The largest absolute Gasteiger partial charge is 0.508 e. The second-order valence-electron chi connectivity index (χ2n) is 4.06. The first kappa shape index (κ1) is 11.7. The van der Waals surface area contributed by atoms with Crippen molar-refractivity contribution in [3.63, 3.8) is 0 Å². The van der Waals surface area contributed by atoms with Crippen LogP contribution in [0.2, 0.25) is 5.02 Å². The Bertz CT molecular complexity index is 746. The minimum Gasteiger partial charge on any atom is -0.508 e. The van der Waals surface area contributed by atoms with Crippen molar-refractivity contribution in [3.8, 4) is 5.75 Å². The minimum atomic E-state index is 0.177. The number of aromatic hydroxyl groups is 1. The maximum Gasteiger partial charge on any atom is 0.141 e. The molecule has 0 fully saturated rings. The standard InChI is InChI=1S/C14H10ClN3O/c15-9-2-1-3-10(6-9)18-14-12-7-11(19)4-5-13(12)16-8-17-14/h1-8,19H,(H,16,17,18). The van der Waals surface area contributed by atoms with Gasteiger partial charge in [0.25, 0.3) is 0 Å². The van der Waals surface area contributed by atoms with Gasteiger partial charge in [0, 0.05) is 16.1 Å². The molecule has 4 nitrogen and oxygen atoms in total. The molecule has 0 bridgehead atoms. The molecule has 5 heteroatoms. The summed E-state index contributed by atoms with van der Waals surface area (Å²) in [5.74, 6) is 0.805. The zero-order valence-electron chi connectivity index (χ0n) is 9.84. The normalized spacial score (nSPS) is 10.6. The highest BCUT2D eigenvalue weighted by Crippen LogP contribution is 2.26. The lowest BCUT2D eigenvalue weighted by molar-refractivity contribution is 0.476. The number of anilines is 2. The van der Waals surface area contributed by atoms with E-state index in [9.17, 15) is 5.11 Å². The Balaban J connectivity index is 2.07. The van der Waals surface area contributed by atoms with Crippen LogP contribution in [0.5, 0.6) is 5.75 Å². The van der Waals surface area contributed by atoms with Crippen LogP contribution in [0.1, 0.15) is 0 Å². The van der Waals surface area contributed by atoms with Crippen LogP contribution >= 0.6 is 11.6 Å². The lowest BCUT2D eigenvalue weighted by atomic mass is 10.2. The van der Waals surface area contributed by atoms with E-state index >= 15 is 0 Å². The maximum absolute atomic E-state index is 9.56. The molecule has 3 rings (SSSR count). The van der Waals surface area contributed by atoms with Gasteiger partial charge < -0.3 is 10.4 Å². The lowest BCUT2D eigenvalue weighted by Gasteiger charge is -2.08. The summed E-state index contributed by atoms with van der Waals surface area (Å²) in [6.07, 6.45) is 1.48. The van der Waals surface area contributed by atoms with Crippen LogP contribution in [0.15, 0.2) is 48.8 Å². The Morgan fingerprint density at radius 1 is 1.05 bits per heavy atom. The minimum absolute atomic E-state index is 0.177. The molecule has 0 spiro atoms. The Morgan fingerprint density at radius 3 is 2.79 bits per heavy atom. The zero-order valence-corrected chi connectivity index (χ0v) is 10.6. The molecule has 19 heavy (non-hydrogen) atoms. The summed E-state index contributed by atoms with van der Waals surface area (Å²) < 4.78 is 0. The van der Waals surface area contributed by atoms with Gasteiger partial charge in [-0.1, -0.05) is 17.7 Å². The Morgan fingerprint density at radius 2 is 1.95 bits per heavy atom. The number of rotatable bonds is 2. The highest BCUT2D eigenvalue weighted by Gasteiger charge is 2.05. The number of phenols is 1. The number of fused-ring (bicyclic) bond motifs is 1. The first-order chi connectivity index (χ1) is 9.22. The molecule has 3 aromatic rings. The van der Waals surface area contributed by atoms with Crippen LogP contribution in [-0.4, -0.2) is 15.1 Å². The molecule has 94 valence electrons. The SMILES string of the molecule is Oc1ccc2ncnc(Nc3cccc(Cl)c3)c2c1. The van der Waals surface area contributed by atoms with E-state index in [1.807, 2.05) is 12.1 Å². The van der Waals surface area contributed by atoms with E-state index in [0.29, 0.717) is 10.8 Å². The Labute approximate surface area is 114 Å². The second kappa shape index (κ2) is 4.74. The third kappa shape index (κ3) is 2.44. The van der Waals surface area contributed by atoms with Gasteiger partial charge in [0.05, 0.1) is 5.52 Å². The third-order valence-electron chi connectivity index (χ3n) is 2.71. The van der Waals surface area contributed by atoms with E-state index in [0.717, 1.165) is 16.6 Å². The average Bonchev–Trinajstić information content (AvgIpc) is 2.39. The van der Waals surface area contributed by atoms with Gasteiger partial charge in [-0.3, -0.25) is 0 Å². The molecular formula is C14H10ClN3O. The van der Waals surface area contributed by atoms with Crippen LogP contribution in [0.25, 0.3) is 10.9 Å². The number of phenolic OH excluding ortho intramolecular Hbond substituents is 1. The molecule has 1 heterocycles. The molecule has 0 amide bonds. The van der Waals surface area contributed by atoms with Crippen LogP contribution in [0.4, 0.5) is 11.5 Å². The van der Waals surface area contributed by atoms with Crippen molar-refractivity contribution in [2.75, 3.05) is 5.32 Å². The van der Waals surface area contributed by atoms with Crippen LogP contribution in [0.3, 0.4) is 0 Å². The average molecular weight is 272 g/mol. The van der Waals surface area contributed by atoms with E-state index in [-0.39, 0.29) is 5.75 Å². The van der Waals surface area contributed by atoms with Crippen molar-refractivity contribution in [2.24, 2.45) is 0 Å². The van der Waals surface area contributed by atoms with Crippen molar-refractivity contribution in [3.05, 3.63) is 53.8 Å². The number of halogens is 1. The third-order valence-corrected chi connectivity index (χ3v) is 2.94. The number of hydrogen-bond acceptors (Lipinski definition) is 4. The lowest BCUT2D eigenvalue weighted by Crippen LogP contribution is -1.95. The maximum atomic E-state index is 9.56.